The highest BCUT2D eigenvalue weighted by Crippen LogP contribution is 2.22. The smallest absolute Gasteiger partial charge is 0.241 e. The first-order chi connectivity index (χ1) is 14.7. The first-order valence-corrected chi connectivity index (χ1v) is 10.3. The predicted octanol–water partition coefficient (Wildman–Crippen LogP) is 4.29. The van der Waals surface area contributed by atoms with Crippen LogP contribution in [0.4, 0.5) is 5.69 Å². The Balaban J connectivity index is 1.40. The van der Waals surface area contributed by atoms with Crippen LogP contribution in [0, 0.1) is 0 Å². The Morgan fingerprint density at radius 2 is 1.87 bits per heavy atom. The lowest BCUT2D eigenvalue weighted by Crippen LogP contribution is -2.35. The van der Waals surface area contributed by atoms with Gasteiger partial charge in [-0.3, -0.25) is 4.79 Å². The molecule has 0 saturated carbocycles. The van der Waals surface area contributed by atoms with Crippen LogP contribution in [-0.2, 0) is 16.0 Å². The van der Waals surface area contributed by atoms with Gasteiger partial charge in [-0.25, -0.2) is 0 Å². The Morgan fingerprint density at radius 3 is 2.53 bits per heavy atom. The van der Waals surface area contributed by atoms with Crippen molar-refractivity contribution in [3.8, 4) is 5.75 Å². The minimum atomic E-state index is -0.830. The summed E-state index contributed by atoms with van der Waals surface area (Å²) in [5.74, 6) is 0.370. The molecule has 0 aliphatic heterocycles. The Labute approximate surface area is 177 Å². The number of benzene rings is 2. The van der Waals surface area contributed by atoms with E-state index in [4.69, 9.17) is 10.5 Å². The van der Waals surface area contributed by atoms with Gasteiger partial charge in [0.2, 0.25) is 5.91 Å². The average Bonchev–Trinajstić information content (AvgIpc) is 2.79. The summed E-state index contributed by atoms with van der Waals surface area (Å²) in [5, 5.41) is 2.68. The molecule has 0 spiro atoms. The third-order valence-electron chi connectivity index (χ3n) is 4.97. The molecular formula is C25H28N2O3. The molecule has 5 heteroatoms. The summed E-state index contributed by atoms with van der Waals surface area (Å²) < 4.78 is 5.79. The first-order valence-electron chi connectivity index (χ1n) is 10.3. The van der Waals surface area contributed by atoms with E-state index in [-0.39, 0.29) is 12.3 Å². The molecule has 3 rings (SSSR count). The van der Waals surface area contributed by atoms with Crippen LogP contribution in [0.25, 0.3) is 5.57 Å². The van der Waals surface area contributed by atoms with Crippen LogP contribution in [0.3, 0.4) is 0 Å². The van der Waals surface area contributed by atoms with Gasteiger partial charge in [-0.05, 0) is 66.6 Å². The zero-order chi connectivity index (χ0) is 21.2. The molecule has 1 atom stereocenters. The molecule has 0 heterocycles. The number of ether oxygens (including phenoxy) is 1. The molecule has 3 N–H and O–H groups in total. The number of carbonyl (C=O) groups is 2. The van der Waals surface area contributed by atoms with Crippen LogP contribution in [-0.4, -0.2) is 24.8 Å². The molecule has 0 aromatic heterocycles. The second-order valence-electron chi connectivity index (χ2n) is 7.31. The van der Waals surface area contributed by atoms with E-state index in [0.29, 0.717) is 18.6 Å². The summed E-state index contributed by atoms with van der Waals surface area (Å²) >= 11 is 0. The number of anilines is 1. The Morgan fingerprint density at radius 1 is 1.10 bits per heavy atom. The third kappa shape index (κ3) is 6.42. The largest absolute Gasteiger partial charge is 0.494 e. The van der Waals surface area contributed by atoms with Gasteiger partial charge >= 0.3 is 0 Å². The van der Waals surface area contributed by atoms with Gasteiger partial charge in [-0.2, -0.15) is 0 Å². The van der Waals surface area contributed by atoms with Crippen molar-refractivity contribution in [3.63, 3.8) is 0 Å². The van der Waals surface area contributed by atoms with Crippen molar-refractivity contribution >= 4 is 23.5 Å². The van der Waals surface area contributed by atoms with Crippen molar-refractivity contribution in [3.05, 3.63) is 77.9 Å². The zero-order valence-electron chi connectivity index (χ0n) is 17.1. The number of hydrogen-bond donors (Lipinski definition) is 2. The summed E-state index contributed by atoms with van der Waals surface area (Å²) in [7, 11) is 0. The third-order valence-corrected chi connectivity index (χ3v) is 4.97. The van der Waals surface area contributed by atoms with Gasteiger partial charge in [0.05, 0.1) is 12.6 Å². The Kier molecular flexibility index (Phi) is 7.98. The fourth-order valence-electron chi connectivity index (χ4n) is 3.24. The van der Waals surface area contributed by atoms with E-state index in [1.165, 1.54) is 16.7 Å². The van der Waals surface area contributed by atoms with Crippen molar-refractivity contribution in [2.75, 3.05) is 11.9 Å². The first kappa shape index (κ1) is 21.5. The van der Waals surface area contributed by atoms with Crippen molar-refractivity contribution in [2.24, 2.45) is 5.73 Å². The van der Waals surface area contributed by atoms with Crippen LogP contribution in [0.15, 0.2) is 66.8 Å². The second kappa shape index (κ2) is 11.1. The van der Waals surface area contributed by atoms with Crippen molar-refractivity contribution in [1.29, 1.82) is 0 Å². The highest BCUT2D eigenvalue weighted by atomic mass is 16.5. The second-order valence-corrected chi connectivity index (χ2v) is 7.31. The van der Waals surface area contributed by atoms with E-state index in [1.54, 1.807) is 24.3 Å². The minimum absolute atomic E-state index is 0.00463. The van der Waals surface area contributed by atoms with E-state index in [0.717, 1.165) is 31.4 Å². The Bertz CT molecular complexity index is 899. The summed E-state index contributed by atoms with van der Waals surface area (Å²) in [4.78, 5) is 22.2. The molecule has 0 fully saturated rings. The van der Waals surface area contributed by atoms with Gasteiger partial charge in [0.1, 0.15) is 12.0 Å². The molecule has 1 aliphatic rings. The van der Waals surface area contributed by atoms with Crippen LogP contribution in [0.5, 0.6) is 5.75 Å². The number of nitrogens with one attached hydrogen (secondary N) is 1. The number of amides is 1. The standard InChI is InChI=1S/C25H28N2O3/c26-24(16-17-28)25(29)27-22-12-14-23(15-13-22)30-18-4-5-19-8-10-21(11-9-19)20-6-2-1-3-7-20/h2,6-15,17,24H,1,3-5,16,18,26H2,(H,27,29). The fourth-order valence-corrected chi connectivity index (χ4v) is 3.24. The topological polar surface area (TPSA) is 81.4 Å². The molecule has 30 heavy (non-hydrogen) atoms. The SMILES string of the molecule is NC(CC=O)C(=O)Nc1ccc(OCCCc2ccc(C3=CCCC=C3)cc2)cc1. The summed E-state index contributed by atoms with van der Waals surface area (Å²) in [6.07, 6.45) is 11.5. The molecule has 5 nitrogen and oxygen atoms in total. The maximum atomic E-state index is 11.8. The van der Waals surface area contributed by atoms with E-state index in [1.807, 2.05) is 0 Å². The molecule has 0 bridgehead atoms. The summed E-state index contributed by atoms with van der Waals surface area (Å²) in [6, 6.07) is 15.0. The molecule has 1 amide bonds. The van der Waals surface area contributed by atoms with Crippen LogP contribution in [0.2, 0.25) is 0 Å². The van der Waals surface area contributed by atoms with Gasteiger partial charge < -0.3 is 20.6 Å². The number of aryl methyl sites for hydroxylation is 1. The highest BCUT2D eigenvalue weighted by Gasteiger charge is 2.12. The van der Waals surface area contributed by atoms with E-state index in [9.17, 15) is 9.59 Å². The number of carbonyl (C=O) groups excluding carboxylic acids is 2. The number of allylic oxidation sites excluding steroid dienone is 4. The molecule has 0 saturated heterocycles. The van der Waals surface area contributed by atoms with Crippen LogP contribution in [0.1, 0.15) is 36.8 Å². The van der Waals surface area contributed by atoms with Gasteiger partial charge in [0.15, 0.2) is 0 Å². The maximum absolute atomic E-state index is 11.8. The van der Waals surface area contributed by atoms with Gasteiger partial charge in [-0.1, -0.05) is 42.5 Å². The molecule has 156 valence electrons. The number of rotatable bonds is 10. The predicted molar refractivity (Wildman–Crippen MR) is 120 cm³/mol. The van der Waals surface area contributed by atoms with Gasteiger partial charge in [0, 0.05) is 12.1 Å². The lowest BCUT2D eigenvalue weighted by molar-refractivity contribution is -0.119. The van der Waals surface area contributed by atoms with Crippen molar-refractivity contribution in [1.82, 2.24) is 0 Å². The quantitative estimate of drug-likeness (QED) is 0.457. The molecule has 0 radical (unpaired) electrons. The zero-order valence-corrected chi connectivity index (χ0v) is 17.1. The normalized spacial score (nSPS) is 14.0. The van der Waals surface area contributed by atoms with Gasteiger partial charge in [-0.15, -0.1) is 0 Å². The van der Waals surface area contributed by atoms with E-state index in [2.05, 4.69) is 47.8 Å². The number of aldehydes is 1. The van der Waals surface area contributed by atoms with Crippen LogP contribution < -0.4 is 15.8 Å². The van der Waals surface area contributed by atoms with Crippen molar-refractivity contribution < 1.29 is 14.3 Å². The maximum Gasteiger partial charge on any atom is 0.241 e. The summed E-state index contributed by atoms with van der Waals surface area (Å²) in [5.41, 5.74) is 10.1. The lowest BCUT2D eigenvalue weighted by atomic mass is 9.98. The Hall–Kier alpha value is -3.18. The number of nitrogens with two attached hydrogens (primary N) is 1. The van der Waals surface area contributed by atoms with Crippen LogP contribution >= 0.6 is 0 Å². The fraction of sp³-hybridized carbons (Fsp3) is 0.280. The monoisotopic (exact) mass is 404 g/mol. The summed E-state index contributed by atoms with van der Waals surface area (Å²) in [6.45, 7) is 0.617. The number of hydrogen-bond acceptors (Lipinski definition) is 4. The van der Waals surface area contributed by atoms with Gasteiger partial charge in [0.25, 0.3) is 0 Å². The molecule has 1 aliphatic carbocycles. The molecule has 2 aromatic rings. The highest BCUT2D eigenvalue weighted by molar-refractivity contribution is 5.95. The van der Waals surface area contributed by atoms with E-state index >= 15 is 0 Å². The lowest BCUT2D eigenvalue weighted by Gasteiger charge is -2.11. The van der Waals surface area contributed by atoms with Crippen molar-refractivity contribution in [2.45, 2.75) is 38.1 Å². The molecule has 2 aromatic carbocycles. The average molecular weight is 405 g/mol. The van der Waals surface area contributed by atoms with E-state index < -0.39 is 6.04 Å². The molecule has 1 unspecified atom stereocenters. The minimum Gasteiger partial charge on any atom is -0.494 e. The molecular weight excluding hydrogens is 376 g/mol.